The Morgan fingerprint density at radius 2 is 2.06 bits per heavy atom. The summed E-state index contributed by atoms with van der Waals surface area (Å²) in [6, 6.07) is 4.04. The van der Waals surface area contributed by atoms with Crippen molar-refractivity contribution >= 4 is 0 Å². The van der Waals surface area contributed by atoms with Crippen LogP contribution in [0.15, 0.2) is 18.2 Å². The van der Waals surface area contributed by atoms with E-state index in [1.54, 1.807) is 0 Å². The molecule has 1 atom stereocenters. The molecule has 0 aromatic heterocycles. The van der Waals surface area contributed by atoms with Crippen LogP contribution in [0, 0.1) is 17.6 Å². The number of nitrogens with one attached hydrogen (secondary N) is 1. The van der Waals surface area contributed by atoms with Crippen molar-refractivity contribution in [1.82, 2.24) is 10.2 Å². The molecule has 1 aromatic carbocycles. The summed E-state index contributed by atoms with van der Waals surface area (Å²) >= 11 is 0. The quantitative estimate of drug-likeness (QED) is 0.866. The molecule has 0 amide bonds. The summed E-state index contributed by atoms with van der Waals surface area (Å²) in [7, 11) is 1.93. The number of rotatable bonds is 4. The van der Waals surface area contributed by atoms with E-state index in [0.717, 1.165) is 26.1 Å². The Morgan fingerprint density at radius 3 is 2.71 bits per heavy atom. The summed E-state index contributed by atoms with van der Waals surface area (Å²) < 4.78 is 26.9. The lowest BCUT2D eigenvalue weighted by molar-refractivity contribution is 0.304. The van der Waals surface area contributed by atoms with E-state index >= 15 is 0 Å². The first kappa shape index (κ1) is 12.5. The lowest BCUT2D eigenvalue weighted by Gasteiger charge is -2.16. The zero-order valence-corrected chi connectivity index (χ0v) is 10.0. The van der Waals surface area contributed by atoms with Crippen molar-refractivity contribution in [2.45, 2.75) is 13.0 Å². The van der Waals surface area contributed by atoms with Crippen molar-refractivity contribution in [2.24, 2.45) is 5.92 Å². The van der Waals surface area contributed by atoms with Gasteiger partial charge in [-0.1, -0.05) is 6.07 Å². The van der Waals surface area contributed by atoms with Gasteiger partial charge in [-0.3, -0.25) is 4.90 Å². The summed E-state index contributed by atoms with van der Waals surface area (Å²) in [6.45, 7) is 3.17. The summed E-state index contributed by atoms with van der Waals surface area (Å²) in [4.78, 5) is 2.11. The fraction of sp³-hybridized carbons (Fsp3) is 0.538. The van der Waals surface area contributed by atoms with Crippen molar-refractivity contribution in [1.29, 1.82) is 0 Å². The average molecular weight is 240 g/mol. The van der Waals surface area contributed by atoms with Crippen LogP contribution in [-0.4, -0.2) is 31.6 Å². The molecular weight excluding hydrogens is 222 g/mol. The van der Waals surface area contributed by atoms with Crippen molar-refractivity contribution in [2.75, 3.05) is 26.7 Å². The van der Waals surface area contributed by atoms with E-state index in [9.17, 15) is 8.78 Å². The first-order valence-electron chi connectivity index (χ1n) is 6.00. The van der Waals surface area contributed by atoms with Gasteiger partial charge in [0.2, 0.25) is 0 Å². The van der Waals surface area contributed by atoms with E-state index in [1.165, 1.54) is 18.2 Å². The fourth-order valence-electron chi connectivity index (χ4n) is 2.42. The molecule has 1 aliphatic rings. The lowest BCUT2D eigenvalue weighted by Crippen LogP contribution is -2.25. The van der Waals surface area contributed by atoms with Gasteiger partial charge in [-0.15, -0.1) is 0 Å². The highest BCUT2D eigenvalue weighted by Crippen LogP contribution is 2.20. The second-order valence-electron chi connectivity index (χ2n) is 4.65. The average Bonchev–Trinajstić information content (AvgIpc) is 2.72. The Bertz CT molecular complexity index is 361. The van der Waals surface area contributed by atoms with Crippen LogP contribution in [-0.2, 0) is 6.54 Å². The summed E-state index contributed by atoms with van der Waals surface area (Å²) in [5.41, 5.74) is 0.192. The summed E-state index contributed by atoms with van der Waals surface area (Å²) in [5, 5.41) is 3.14. The molecule has 2 nitrogen and oxygen atoms in total. The largest absolute Gasteiger partial charge is 0.319 e. The highest BCUT2D eigenvalue weighted by Gasteiger charge is 2.23. The maximum Gasteiger partial charge on any atom is 0.130 e. The van der Waals surface area contributed by atoms with Gasteiger partial charge in [-0.25, -0.2) is 8.78 Å². The van der Waals surface area contributed by atoms with Gasteiger partial charge in [0.25, 0.3) is 0 Å². The standard InChI is InChI=1S/C13H18F2N2/c1-16-7-10-5-6-17(8-10)9-11-12(14)3-2-4-13(11)15/h2-4,10,16H,5-9H2,1H3. The molecule has 0 bridgehead atoms. The first-order valence-corrected chi connectivity index (χ1v) is 6.00. The number of hydrogen-bond acceptors (Lipinski definition) is 2. The van der Waals surface area contributed by atoms with Crippen molar-refractivity contribution in [3.63, 3.8) is 0 Å². The summed E-state index contributed by atoms with van der Waals surface area (Å²) in [5.74, 6) is -0.293. The maximum absolute atomic E-state index is 13.5. The van der Waals surface area contributed by atoms with Crippen molar-refractivity contribution in [3.05, 3.63) is 35.4 Å². The zero-order valence-electron chi connectivity index (χ0n) is 10.0. The van der Waals surface area contributed by atoms with Gasteiger partial charge in [0.05, 0.1) is 0 Å². The minimum absolute atomic E-state index is 0.192. The zero-order chi connectivity index (χ0) is 12.3. The molecule has 4 heteroatoms. The van der Waals surface area contributed by atoms with Gasteiger partial charge in [0.1, 0.15) is 11.6 Å². The van der Waals surface area contributed by atoms with E-state index in [-0.39, 0.29) is 5.56 Å². The number of hydrogen-bond donors (Lipinski definition) is 1. The number of likely N-dealkylation sites (tertiary alicyclic amines) is 1. The molecule has 0 saturated carbocycles. The van der Waals surface area contributed by atoms with Crippen LogP contribution in [0.1, 0.15) is 12.0 Å². The smallest absolute Gasteiger partial charge is 0.130 e. The molecule has 0 aliphatic carbocycles. The molecular formula is C13H18F2N2. The van der Waals surface area contributed by atoms with Crippen LogP contribution < -0.4 is 5.32 Å². The molecule has 2 rings (SSSR count). The number of nitrogens with zero attached hydrogens (tertiary/aromatic N) is 1. The van der Waals surface area contributed by atoms with Crippen molar-refractivity contribution < 1.29 is 8.78 Å². The second-order valence-corrected chi connectivity index (χ2v) is 4.65. The van der Waals surface area contributed by atoms with Gasteiger partial charge >= 0.3 is 0 Å². The van der Waals surface area contributed by atoms with E-state index in [0.29, 0.717) is 12.5 Å². The predicted octanol–water partition coefficient (Wildman–Crippen LogP) is 2.01. The van der Waals surface area contributed by atoms with Crippen LogP contribution in [0.5, 0.6) is 0 Å². The third-order valence-corrected chi connectivity index (χ3v) is 3.31. The topological polar surface area (TPSA) is 15.3 Å². The third kappa shape index (κ3) is 3.01. The molecule has 17 heavy (non-hydrogen) atoms. The third-order valence-electron chi connectivity index (χ3n) is 3.31. The van der Waals surface area contributed by atoms with Crippen molar-refractivity contribution in [3.8, 4) is 0 Å². The van der Waals surface area contributed by atoms with Crippen LogP contribution in [0.25, 0.3) is 0 Å². The highest BCUT2D eigenvalue weighted by molar-refractivity contribution is 5.19. The highest BCUT2D eigenvalue weighted by atomic mass is 19.1. The molecule has 1 fully saturated rings. The van der Waals surface area contributed by atoms with E-state index < -0.39 is 11.6 Å². The van der Waals surface area contributed by atoms with E-state index in [4.69, 9.17) is 0 Å². The van der Waals surface area contributed by atoms with Crippen LogP contribution in [0.4, 0.5) is 8.78 Å². The molecule has 1 saturated heterocycles. The summed E-state index contributed by atoms with van der Waals surface area (Å²) in [6.07, 6.45) is 1.09. The van der Waals surface area contributed by atoms with E-state index in [2.05, 4.69) is 10.2 Å². The first-order chi connectivity index (χ1) is 8.20. The van der Waals surface area contributed by atoms with E-state index in [1.807, 2.05) is 7.05 Å². The Morgan fingerprint density at radius 1 is 1.35 bits per heavy atom. The van der Waals surface area contributed by atoms with Gasteiger partial charge in [-0.2, -0.15) is 0 Å². The minimum atomic E-state index is -0.443. The maximum atomic E-state index is 13.5. The van der Waals surface area contributed by atoms with Gasteiger partial charge < -0.3 is 5.32 Å². The Labute approximate surface area is 101 Å². The van der Waals surface area contributed by atoms with Gasteiger partial charge in [0, 0.05) is 18.7 Å². The Balaban J connectivity index is 1.98. The molecule has 1 N–H and O–H groups in total. The van der Waals surface area contributed by atoms with Crippen LogP contribution in [0.2, 0.25) is 0 Å². The fourth-order valence-corrected chi connectivity index (χ4v) is 2.42. The predicted molar refractivity (Wildman–Crippen MR) is 63.7 cm³/mol. The van der Waals surface area contributed by atoms with Crippen LogP contribution >= 0.6 is 0 Å². The molecule has 1 aromatic rings. The molecule has 0 radical (unpaired) electrons. The monoisotopic (exact) mass is 240 g/mol. The van der Waals surface area contributed by atoms with Crippen LogP contribution in [0.3, 0.4) is 0 Å². The van der Waals surface area contributed by atoms with Gasteiger partial charge in [-0.05, 0) is 44.6 Å². The Kier molecular flexibility index (Phi) is 4.07. The molecule has 1 aliphatic heterocycles. The lowest BCUT2D eigenvalue weighted by atomic mass is 10.1. The normalized spacial score (nSPS) is 21.0. The Hall–Kier alpha value is -1.00. The second kappa shape index (κ2) is 5.56. The molecule has 1 unspecified atom stereocenters. The minimum Gasteiger partial charge on any atom is -0.319 e. The number of benzene rings is 1. The van der Waals surface area contributed by atoms with Gasteiger partial charge in [0.15, 0.2) is 0 Å². The molecule has 94 valence electrons. The number of halogens is 2. The SMILES string of the molecule is CNCC1CCN(Cc2c(F)cccc2F)C1. The molecule has 1 heterocycles. The molecule has 0 spiro atoms.